The van der Waals surface area contributed by atoms with Gasteiger partial charge in [-0.05, 0) is 66.8 Å². The predicted octanol–water partition coefficient (Wildman–Crippen LogP) is 4.34. The Kier molecular flexibility index (Phi) is 8.21. The normalized spacial score (nSPS) is 21.9. The maximum atomic E-state index is 13.4. The molecule has 3 aromatic carbocycles. The molecule has 5 rings (SSSR count). The zero-order valence-electron chi connectivity index (χ0n) is 21.2. The number of aliphatic imine (C=N–C) groups is 1. The number of hydrazone groups is 1. The van der Waals surface area contributed by atoms with Crippen LogP contribution in [0.25, 0.3) is 0 Å². The Morgan fingerprint density at radius 2 is 1.52 bits per heavy atom. The second kappa shape index (κ2) is 11.5. The second-order valence-corrected chi connectivity index (χ2v) is 14.1. The molecule has 1 fully saturated rings. The molecule has 13 heteroatoms. The minimum absolute atomic E-state index is 0.0000796. The molecule has 0 unspecified atom stereocenters. The average molecular weight is 621 g/mol. The van der Waals surface area contributed by atoms with Crippen LogP contribution in [0.4, 0.5) is 0 Å². The first-order chi connectivity index (χ1) is 19.0. The molecule has 3 N–H and O–H groups in total. The average Bonchev–Trinajstić information content (AvgIpc) is 3.57. The van der Waals surface area contributed by atoms with Crippen molar-refractivity contribution in [3.05, 3.63) is 100 Å². The van der Waals surface area contributed by atoms with Crippen molar-refractivity contribution < 1.29 is 16.8 Å². The van der Waals surface area contributed by atoms with Gasteiger partial charge in [0, 0.05) is 16.0 Å². The van der Waals surface area contributed by atoms with Crippen LogP contribution in [0.5, 0.6) is 0 Å². The number of benzene rings is 3. The maximum Gasteiger partial charge on any atom is 0.264 e. The third kappa shape index (κ3) is 6.50. The fourth-order valence-electron chi connectivity index (χ4n) is 4.91. The van der Waals surface area contributed by atoms with Crippen molar-refractivity contribution in [1.82, 2.24) is 9.73 Å². The van der Waals surface area contributed by atoms with Gasteiger partial charge in [-0.2, -0.15) is 5.10 Å². The van der Waals surface area contributed by atoms with Crippen molar-refractivity contribution in [3.8, 4) is 0 Å². The monoisotopic (exact) mass is 619 g/mol. The summed E-state index contributed by atoms with van der Waals surface area (Å²) in [4.78, 5) is 4.70. The lowest BCUT2D eigenvalue weighted by Gasteiger charge is -2.21. The van der Waals surface area contributed by atoms with E-state index < -0.39 is 31.3 Å². The zero-order valence-corrected chi connectivity index (χ0v) is 24.3. The smallest absolute Gasteiger partial charge is 0.248 e. The summed E-state index contributed by atoms with van der Waals surface area (Å²) in [7, 11) is -7.82. The van der Waals surface area contributed by atoms with Gasteiger partial charge in [0.1, 0.15) is 0 Å². The molecule has 210 valence electrons. The molecular formula is C27H27Cl2N5O4S2. The van der Waals surface area contributed by atoms with Gasteiger partial charge in [0.05, 0.1) is 28.4 Å². The van der Waals surface area contributed by atoms with E-state index in [9.17, 15) is 16.8 Å². The number of nitrogens with two attached hydrogens (primary N) is 1. The summed E-state index contributed by atoms with van der Waals surface area (Å²) < 4.78 is 53.3. The molecule has 2 aliphatic rings. The van der Waals surface area contributed by atoms with Gasteiger partial charge >= 0.3 is 0 Å². The van der Waals surface area contributed by atoms with Crippen LogP contribution in [0.15, 0.2) is 93.9 Å². The molecule has 3 atom stereocenters. The summed E-state index contributed by atoms with van der Waals surface area (Å²) >= 11 is 12.1. The van der Waals surface area contributed by atoms with Crippen molar-refractivity contribution in [2.24, 2.45) is 15.2 Å². The molecule has 0 spiro atoms. The van der Waals surface area contributed by atoms with Gasteiger partial charge in [-0.1, -0.05) is 65.7 Å². The Morgan fingerprint density at radius 3 is 2.12 bits per heavy atom. The molecule has 0 saturated heterocycles. The number of rotatable bonds is 6. The van der Waals surface area contributed by atoms with Crippen molar-refractivity contribution in [1.29, 1.82) is 0 Å². The number of primary sulfonamides is 1. The highest BCUT2D eigenvalue weighted by Gasteiger charge is 2.36. The van der Waals surface area contributed by atoms with E-state index in [1.165, 1.54) is 29.3 Å². The number of hydrogen-bond donors (Lipinski definition) is 2. The zero-order chi connectivity index (χ0) is 28.5. The van der Waals surface area contributed by atoms with Crippen LogP contribution >= 0.6 is 23.2 Å². The largest absolute Gasteiger partial charge is 0.264 e. The summed E-state index contributed by atoms with van der Waals surface area (Å²) in [6, 6.07) is 22.3. The molecule has 0 radical (unpaired) electrons. The Bertz CT molecular complexity index is 1650. The first kappa shape index (κ1) is 28.6. The summed E-state index contributed by atoms with van der Waals surface area (Å²) in [5.41, 5.74) is 2.54. The van der Waals surface area contributed by atoms with Crippen molar-refractivity contribution in [3.63, 3.8) is 0 Å². The van der Waals surface area contributed by atoms with E-state index in [-0.39, 0.29) is 23.2 Å². The standard InChI is InChI=1S/C27H27Cl2N5O4S2/c28-20-8-6-19(7-9-20)26-25(18-4-2-1-3-5-18)17-34(32-26)27(31-22-12-15-24(16-22)39(30,35)36)33-40(37,38)23-13-10-21(29)11-14-23/h1-11,13-14,22,24-25H,12,15-17H2,(H,31,33)(H2,30,35,36)/t22-,24-,25+/m0/s1. The molecular weight excluding hydrogens is 593 g/mol. The van der Waals surface area contributed by atoms with E-state index in [0.717, 1.165) is 16.8 Å². The molecule has 1 heterocycles. The van der Waals surface area contributed by atoms with E-state index in [1.807, 2.05) is 42.5 Å². The topological polar surface area (TPSA) is 134 Å². The number of sulfonamides is 2. The highest BCUT2D eigenvalue weighted by Crippen LogP contribution is 2.31. The number of nitrogens with zero attached hydrogens (tertiary/aromatic N) is 3. The fourth-order valence-corrected chi connectivity index (χ4v) is 7.12. The molecule has 0 bridgehead atoms. The Balaban J connectivity index is 1.55. The van der Waals surface area contributed by atoms with E-state index >= 15 is 0 Å². The van der Waals surface area contributed by atoms with Crippen molar-refractivity contribution >= 4 is 54.9 Å². The molecule has 9 nitrogen and oxygen atoms in total. The molecule has 1 saturated carbocycles. The highest BCUT2D eigenvalue weighted by atomic mass is 35.5. The summed E-state index contributed by atoms with van der Waals surface area (Å²) in [5, 5.41) is 12.0. The van der Waals surface area contributed by atoms with Gasteiger partial charge in [0.2, 0.25) is 16.0 Å². The number of hydrogen-bond acceptors (Lipinski definition) is 6. The SMILES string of the molecule is NS(=O)(=O)[C@H]1CC[C@H](N=C(NS(=O)(=O)c2ccc(Cl)cc2)N2C[C@H](c3ccccc3)C(c3ccc(Cl)cc3)=N2)C1. The Morgan fingerprint density at radius 1 is 0.900 bits per heavy atom. The summed E-state index contributed by atoms with van der Waals surface area (Å²) in [6.45, 7) is 0.301. The van der Waals surface area contributed by atoms with Crippen LogP contribution < -0.4 is 9.86 Å². The van der Waals surface area contributed by atoms with Crippen LogP contribution in [0.1, 0.15) is 36.3 Å². The van der Waals surface area contributed by atoms with Crippen LogP contribution in [-0.4, -0.2) is 51.4 Å². The number of halogens is 2. The van der Waals surface area contributed by atoms with E-state index in [1.54, 1.807) is 12.1 Å². The van der Waals surface area contributed by atoms with E-state index in [4.69, 9.17) is 38.4 Å². The first-order valence-corrected chi connectivity index (χ1v) is 16.4. The lowest BCUT2D eigenvalue weighted by molar-refractivity contribution is 0.456. The van der Waals surface area contributed by atoms with Crippen LogP contribution in [0.3, 0.4) is 0 Å². The van der Waals surface area contributed by atoms with Gasteiger partial charge in [-0.3, -0.25) is 0 Å². The molecule has 1 aliphatic heterocycles. The third-order valence-electron chi connectivity index (χ3n) is 6.98. The van der Waals surface area contributed by atoms with Gasteiger partial charge in [0.15, 0.2) is 0 Å². The third-order valence-corrected chi connectivity index (χ3v) is 10.2. The quantitative estimate of drug-likeness (QED) is 0.313. The van der Waals surface area contributed by atoms with Crippen molar-refractivity contribution in [2.45, 2.75) is 41.4 Å². The van der Waals surface area contributed by atoms with E-state index in [2.05, 4.69) is 4.72 Å². The fraction of sp³-hybridized carbons (Fsp3) is 0.259. The molecule has 1 aliphatic carbocycles. The molecule has 0 aromatic heterocycles. The number of guanidine groups is 1. The number of nitrogens with one attached hydrogen (secondary N) is 1. The maximum absolute atomic E-state index is 13.4. The van der Waals surface area contributed by atoms with E-state index in [0.29, 0.717) is 29.4 Å². The summed E-state index contributed by atoms with van der Waals surface area (Å²) in [6.07, 6.45) is 0.974. The highest BCUT2D eigenvalue weighted by molar-refractivity contribution is 7.90. The van der Waals surface area contributed by atoms with Crippen LogP contribution in [0, 0.1) is 0 Å². The lowest BCUT2D eigenvalue weighted by Crippen LogP contribution is -2.42. The molecule has 0 amide bonds. The van der Waals surface area contributed by atoms with Crippen LogP contribution in [-0.2, 0) is 20.0 Å². The Labute approximate surface area is 243 Å². The molecule has 40 heavy (non-hydrogen) atoms. The van der Waals surface area contributed by atoms with Gasteiger partial charge in [0.25, 0.3) is 10.0 Å². The first-order valence-electron chi connectivity index (χ1n) is 12.5. The van der Waals surface area contributed by atoms with Crippen molar-refractivity contribution in [2.75, 3.05) is 6.54 Å². The van der Waals surface area contributed by atoms with Crippen LogP contribution in [0.2, 0.25) is 10.0 Å². The Hall–Kier alpha value is -2.96. The molecule has 3 aromatic rings. The van der Waals surface area contributed by atoms with Gasteiger partial charge in [-0.25, -0.2) is 36.7 Å². The predicted molar refractivity (Wildman–Crippen MR) is 158 cm³/mol. The van der Waals surface area contributed by atoms with Gasteiger partial charge < -0.3 is 0 Å². The summed E-state index contributed by atoms with van der Waals surface area (Å²) in [5.74, 6) is -0.201. The lowest BCUT2D eigenvalue weighted by atomic mass is 9.91. The second-order valence-electron chi connectivity index (χ2n) is 9.73. The van der Waals surface area contributed by atoms with Gasteiger partial charge in [-0.15, -0.1) is 0 Å². The minimum atomic E-state index is -4.08. The minimum Gasteiger partial charge on any atom is -0.248 e.